The highest BCUT2D eigenvalue weighted by Gasteiger charge is 2.21. The maximum atomic E-state index is 10.7. The normalized spacial score (nSPS) is 15.3. The van der Waals surface area contributed by atoms with Gasteiger partial charge in [-0.15, -0.1) is 0 Å². The van der Waals surface area contributed by atoms with E-state index in [0.29, 0.717) is 11.6 Å². The van der Waals surface area contributed by atoms with E-state index in [0.717, 1.165) is 5.76 Å². The Morgan fingerprint density at radius 1 is 1.40 bits per heavy atom. The van der Waals surface area contributed by atoms with Crippen LogP contribution in [0.2, 0.25) is 0 Å². The molecule has 1 aromatic heterocycles. The number of aromatic nitrogens is 1. The minimum Gasteiger partial charge on any atom is -0.481 e. The number of hydrogen-bond acceptors (Lipinski definition) is 3. The molecule has 0 aliphatic carbocycles. The highest BCUT2D eigenvalue weighted by atomic mass is 16.5. The maximum absolute atomic E-state index is 10.7. The van der Waals surface area contributed by atoms with Crippen LogP contribution in [0.4, 0.5) is 0 Å². The second kappa shape index (κ2) is 4.47. The summed E-state index contributed by atoms with van der Waals surface area (Å²) in [6, 6.07) is 1.74. The summed E-state index contributed by atoms with van der Waals surface area (Å²) < 4.78 is 5.15. The first-order chi connectivity index (χ1) is 6.93. The Labute approximate surface area is 89.3 Å². The molecular weight excluding hydrogens is 194 g/mol. The zero-order chi connectivity index (χ0) is 11.6. The molecule has 1 N–H and O–H groups in total. The van der Waals surface area contributed by atoms with E-state index < -0.39 is 11.9 Å². The first-order valence-electron chi connectivity index (χ1n) is 5.12. The lowest BCUT2D eigenvalue weighted by Gasteiger charge is -2.10. The minimum atomic E-state index is -0.882. The van der Waals surface area contributed by atoms with Crippen LogP contribution in [0.3, 0.4) is 0 Å². The number of aliphatic carboxylic acids is 1. The molecule has 0 bridgehead atoms. The number of carboxylic acids is 1. The molecule has 15 heavy (non-hydrogen) atoms. The third-order valence-corrected chi connectivity index (χ3v) is 2.81. The van der Waals surface area contributed by atoms with Crippen LogP contribution in [0.5, 0.6) is 0 Å². The average molecular weight is 211 g/mol. The van der Waals surface area contributed by atoms with Gasteiger partial charge in [0.1, 0.15) is 5.76 Å². The maximum Gasteiger partial charge on any atom is 0.312 e. The van der Waals surface area contributed by atoms with Crippen molar-refractivity contribution in [1.29, 1.82) is 0 Å². The van der Waals surface area contributed by atoms with Crippen molar-refractivity contribution in [3.05, 3.63) is 17.5 Å². The summed E-state index contributed by atoms with van der Waals surface area (Å²) in [5.41, 5.74) is 0.491. The van der Waals surface area contributed by atoms with Crippen LogP contribution in [-0.4, -0.2) is 16.2 Å². The van der Waals surface area contributed by atoms with Crippen LogP contribution in [0.15, 0.2) is 10.6 Å². The van der Waals surface area contributed by atoms with Crippen LogP contribution in [0.25, 0.3) is 0 Å². The van der Waals surface area contributed by atoms with Gasteiger partial charge in [-0.1, -0.05) is 25.9 Å². The van der Waals surface area contributed by atoms with Crippen LogP contribution in [0, 0.1) is 5.92 Å². The molecule has 4 heteroatoms. The topological polar surface area (TPSA) is 63.3 Å². The molecule has 1 rings (SSSR count). The fraction of sp³-hybridized carbons (Fsp3) is 0.636. The quantitative estimate of drug-likeness (QED) is 0.831. The van der Waals surface area contributed by atoms with E-state index in [-0.39, 0.29) is 5.92 Å². The van der Waals surface area contributed by atoms with E-state index in [1.165, 1.54) is 0 Å². The average Bonchev–Trinajstić information content (AvgIpc) is 2.63. The fourth-order valence-corrected chi connectivity index (χ4v) is 1.18. The molecule has 0 aliphatic rings. The van der Waals surface area contributed by atoms with Gasteiger partial charge >= 0.3 is 5.97 Å². The monoisotopic (exact) mass is 211 g/mol. The second-order valence-electron chi connectivity index (χ2n) is 4.25. The van der Waals surface area contributed by atoms with Crippen molar-refractivity contribution in [2.24, 2.45) is 5.92 Å². The van der Waals surface area contributed by atoms with Crippen LogP contribution in [0.1, 0.15) is 51.0 Å². The van der Waals surface area contributed by atoms with Gasteiger partial charge in [0.25, 0.3) is 0 Å². The Morgan fingerprint density at radius 2 is 2.00 bits per heavy atom. The van der Waals surface area contributed by atoms with E-state index in [1.54, 1.807) is 13.0 Å². The molecule has 0 amide bonds. The van der Waals surface area contributed by atoms with Gasteiger partial charge in [-0.2, -0.15) is 0 Å². The van der Waals surface area contributed by atoms with Crippen molar-refractivity contribution >= 4 is 5.97 Å². The molecule has 0 saturated heterocycles. The van der Waals surface area contributed by atoms with Crippen LogP contribution >= 0.6 is 0 Å². The van der Waals surface area contributed by atoms with Crippen molar-refractivity contribution in [3.63, 3.8) is 0 Å². The van der Waals surface area contributed by atoms with E-state index in [4.69, 9.17) is 9.63 Å². The van der Waals surface area contributed by atoms with Gasteiger partial charge in [0.05, 0.1) is 11.6 Å². The summed E-state index contributed by atoms with van der Waals surface area (Å²) in [5.74, 6) is -0.0276. The molecule has 0 radical (unpaired) electrons. The zero-order valence-electron chi connectivity index (χ0n) is 9.52. The zero-order valence-corrected chi connectivity index (χ0v) is 9.52. The number of hydrogen-bond donors (Lipinski definition) is 1. The molecule has 0 aliphatic heterocycles. The molecular formula is C11H17NO3. The number of carbonyl (C=O) groups is 1. The molecule has 0 spiro atoms. The summed E-state index contributed by atoms with van der Waals surface area (Å²) in [4.78, 5) is 10.7. The van der Waals surface area contributed by atoms with E-state index >= 15 is 0 Å². The second-order valence-corrected chi connectivity index (χ2v) is 4.25. The lowest BCUT2D eigenvalue weighted by atomic mass is 9.95. The predicted molar refractivity (Wildman–Crippen MR) is 55.8 cm³/mol. The lowest BCUT2D eigenvalue weighted by molar-refractivity contribution is -0.138. The summed E-state index contributed by atoms with van der Waals surface area (Å²) in [5, 5.41) is 12.6. The minimum absolute atomic E-state index is 0.257. The summed E-state index contributed by atoms with van der Waals surface area (Å²) in [6.07, 6.45) is 0. The van der Waals surface area contributed by atoms with Gasteiger partial charge in [-0.25, -0.2) is 0 Å². The molecule has 1 unspecified atom stereocenters. The van der Waals surface area contributed by atoms with Gasteiger partial charge in [0.2, 0.25) is 0 Å². The Kier molecular flexibility index (Phi) is 3.50. The summed E-state index contributed by atoms with van der Waals surface area (Å²) in [7, 11) is 0. The Balaban J connectivity index is 2.85. The highest BCUT2D eigenvalue weighted by Crippen LogP contribution is 2.26. The number of rotatable bonds is 4. The molecule has 0 saturated carbocycles. The molecule has 1 aromatic rings. The number of carboxylic acid groups (broad SMARTS) is 1. The van der Waals surface area contributed by atoms with Crippen molar-refractivity contribution in [3.8, 4) is 0 Å². The van der Waals surface area contributed by atoms with Crippen LogP contribution in [-0.2, 0) is 4.79 Å². The fourth-order valence-electron chi connectivity index (χ4n) is 1.18. The molecule has 1 heterocycles. The SMILES string of the molecule is CC(C(=O)O)c1cc([C@@H](C)C(C)C)on1. The third kappa shape index (κ3) is 2.58. The van der Waals surface area contributed by atoms with Gasteiger partial charge < -0.3 is 9.63 Å². The Hall–Kier alpha value is -1.32. The first kappa shape index (κ1) is 11.8. The van der Waals surface area contributed by atoms with Gasteiger partial charge in [-0.05, 0) is 12.8 Å². The summed E-state index contributed by atoms with van der Waals surface area (Å²) in [6.45, 7) is 7.82. The highest BCUT2D eigenvalue weighted by molar-refractivity contribution is 5.74. The van der Waals surface area contributed by atoms with Gasteiger partial charge in [0, 0.05) is 12.0 Å². The van der Waals surface area contributed by atoms with Gasteiger partial charge in [-0.3, -0.25) is 4.79 Å². The van der Waals surface area contributed by atoms with Crippen molar-refractivity contribution < 1.29 is 14.4 Å². The molecule has 84 valence electrons. The molecule has 2 atom stereocenters. The van der Waals surface area contributed by atoms with E-state index in [9.17, 15) is 4.79 Å². The predicted octanol–water partition coefficient (Wildman–Crippen LogP) is 2.62. The summed E-state index contributed by atoms with van der Waals surface area (Å²) >= 11 is 0. The lowest BCUT2D eigenvalue weighted by Crippen LogP contribution is -2.07. The molecule has 0 fully saturated rings. The van der Waals surface area contributed by atoms with Crippen molar-refractivity contribution in [2.75, 3.05) is 0 Å². The van der Waals surface area contributed by atoms with Crippen molar-refractivity contribution in [2.45, 2.75) is 39.5 Å². The third-order valence-electron chi connectivity index (χ3n) is 2.81. The Bertz CT molecular complexity index is 343. The molecule has 4 nitrogen and oxygen atoms in total. The largest absolute Gasteiger partial charge is 0.481 e. The standard InChI is InChI=1S/C11H17NO3/c1-6(2)7(3)10-5-9(12-15-10)8(4)11(13)14/h5-8H,1-4H3,(H,13,14)/t7-,8?/m0/s1. The van der Waals surface area contributed by atoms with Crippen molar-refractivity contribution in [1.82, 2.24) is 5.16 Å². The van der Waals surface area contributed by atoms with Crippen LogP contribution < -0.4 is 0 Å². The van der Waals surface area contributed by atoms with E-state index in [2.05, 4.69) is 19.0 Å². The Morgan fingerprint density at radius 3 is 2.47 bits per heavy atom. The van der Waals surface area contributed by atoms with Gasteiger partial charge in [0.15, 0.2) is 0 Å². The molecule has 0 aromatic carbocycles. The number of nitrogens with zero attached hydrogens (tertiary/aromatic N) is 1. The van der Waals surface area contributed by atoms with E-state index in [1.807, 2.05) is 6.92 Å². The first-order valence-corrected chi connectivity index (χ1v) is 5.12. The smallest absolute Gasteiger partial charge is 0.312 e.